The summed E-state index contributed by atoms with van der Waals surface area (Å²) >= 11 is 7.53. The van der Waals surface area contributed by atoms with E-state index in [1.165, 1.54) is 30.6 Å². The maximum Gasteiger partial charge on any atom is 0.265 e. The number of hydrogen-bond donors (Lipinski definition) is 1. The smallest absolute Gasteiger partial charge is 0.265 e. The molecular weight excluding hydrogens is 280 g/mol. The van der Waals surface area contributed by atoms with Crippen molar-refractivity contribution in [1.29, 1.82) is 0 Å². The number of likely N-dealkylation sites (tertiary alicyclic amines) is 1. The lowest BCUT2D eigenvalue weighted by Gasteiger charge is -2.45. The van der Waals surface area contributed by atoms with Crippen molar-refractivity contribution >= 4 is 28.8 Å². The van der Waals surface area contributed by atoms with Crippen LogP contribution in [0.3, 0.4) is 0 Å². The highest BCUT2D eigenvalue weighted by Crippen LogP contribution is 2.37. The molecule has 0 bridgehead atoms. The lowest BCUT2D eigenvalue weighted by atomic mass is 9.74. The Morgan fingerprint density at radius 2 is 2.26 bits per heavy atom. The largest absolute Gasteiger partial charge is 0.337 e. The van der Waals surface area contributed by atoms with Crippen molar-refractivity contribution in [2.75, 3.05) is 26.2 Å². The first-order valence-corrected chi connectivity index (χ1v) is 8.19. The number of amides is 1. The molecule has 0 radical (unpaired) electrons. The number of nitrogens with zero attached hydrogens (tertiary/aromatic N) is 1. The summed E-state index contributed by atoms with van der Waals surface area (Å²) in [5.74, 6) is 0.115. The van der Waals surface area contributed by atoms with Crippen LogP contribution in [0, 0.1) is 5.41 Å². The molecule has 2 saturated heterocycles. The molecular formula is C14H19ClN2OS. The van der Waals surface area contributed by atoms with E-state index >= 15 is 0 Å². The molecule has 0 aliphatic carbocycles. The van der Waals surface area contributed by atoms with Crippen molar-refractivity contribution in [3.8, 4) is 0 Å². The van der Waals surface area contributed by atoms with Gasteiger partial charge in [0.15, 0.2) is 0 Å². The van der Waals surface area contributed by atoms with E-state index in [0.29, 0.717) is 15.3 Å². The summed E-state index contributed by atoms with van der Waals surface area (Å²) in [5, 5.41) is 5.97. The molecule has 1 spiro atoms. The first-order valence-electron chi connectivity index (χ1n) is 6.93. The molecule has 1 amide bonds. The lowest BCUT2D eigenvalue weighted by molar-refractivity contribution is 0.0438. The Balaban J connectivity index is 1.74. The van der Waals surface area contributed by atoms with Crippen molar-refractivity contribution in [1.82, 2.24) is 10.2 Å². The Kier molecular flexibility index (Phi) is 3.83. The maximum atomic E-state index is 12.5. The second-order valence-corrected chi connectivity index (χ2v) is 7.03. The Bertz CT molecular complexity index is 462. The van der Waals surface area contributed by atoms with Crippen LogP contribution in [0.15, 0.2) is 11.4 Å². The summed E-state index contributed by atoms with van der Waals surface area (Å²) in [7, 11) is 0. The molecule has 2 aliphatic heterocycles. The lowest BCUT2D eigenvalue weighted by Crippen LogP contribution is -2.52. The third-order valence-corrected chi connectivity index (χ3v) is 5.65. The van der Waals surface area contributed by atoms with Crippen molar-refractivity contribution in [2.24, 2.45) is 5.41 Å². The molecule has 0 aromatic carbocycles. The van der Waals surface area contributed by atoms with Crippen LogP contribution in [0.4, 0.5) is 0 Å². The molecule has 19 heavy (non-hydrogen) atoms. The molecule has 3 nitrogen and oxygen atoms in total. The first kappa shape index (κ1) is 13.4. The molecule has 3 heterocycles. The average Bonchev–Trinajstić information content (AvgIpc) is 2.85. The van der Waals surface area contributed by atoms with Crippen LogP contribution in [0.1, 0.15) is 35.4 Å². The summed E-state index contributed by atoms with van der Waals surface area (Å²) in [4.78, 5) is 15.2. The number of thiophene rings is 1. The predicted octanol–water partition coefficient (Wildman–Crippen LogP) is 3.01. The third kappa shape index (κ3) is 2.67. The molecule has 1 aromatic rings. The molecule has 1 aromatic heterocycles. The molecule has 2 aliphatic rings. The minimum atomic E-state index is 0.115. The van der Waals surface area contributed by atoms with Crippen LogP contribution >= 0.6 is 22.9 Å². The zero-order valence-electron chi connectivity index (χ0n) is 11.0. The van der Waals surface area contributed by atoms with E-state index in [0.717, 1.165) is 32.6 Å². The van der Waals surface area contributed by atoms with Crippen molar-refractivity contribution < 1.29 is 4.79 Å². The van der Waals surface area contributed by atoms with Gasteiger partial charge in [-0.05, 0) is 43.7 Å². The van der Waals surface area contributed by atoms with Crippen LogP contribution in [0.25, 0.3) is 0 Å². The van der Waals surface area contributed by atoms with Gasteiger partial charge in [-0.1, -0.05) is 11.6 Å². The highest BCUT2D eigenvalue weighted by Gasteiger charge is 2.38. The zero-order valence-corrected chi connectivity index (χ0v) is 12.5. The fourth-order valence-electron chi connectivity index (χ4n) is 3.35. The van der Waals surface area contributed by atoms with Gasteiger partial charge in [0.05, 0.1) is 5.02 Å². The number of carbonyl (C=O) groups excluding carboxylic acids is 1. The molecule has 1 unspecified atom stereocenters. The van der Waals surface area contributed by atoms with Gasteiger partial charge in [-0.2, -0.15) is 0 Å². The maximum absolute atomic E-state index is 12.5. The van der Waals surface area contributed by atoms with E-state index in [1.54, 1.807) is 6.07 Å². The van der Waals surface area contributed by atoms with Gasteiger partial charge in [0.1, 0.15) is 4.88 Å². The Labute approximate surface area is 122 Å². The summed E-state index contributed by atoms with van der Waals surface area (Å²) in [6.45, 7) is 3.92. The Morgan fingerprint density at radius 1 is 1.42 bits per heavy atom. The molecule has 3 rings (SSSR count). The average molecular weight is 299 g/mol. The van der Waals surface area contributed by atoms with Crippen molar-refractivity contribution in [2.45, 2.75) is 25.7 Å². The monoisotopic (exact) mass is 298 g/mol. The van der Waals surface area contributed by atoms with E-state index in [9.17, 15) is 4.79 Å². The third-order valence-electron chi connectivity index (χ3n) is 4.32. The van der Waals surface area contributed by atoms with Gasteiger partial charge in [-0.15, -0.1) is 11.3 Å². The van der Waals surface area contributed by atoms with E-state index in [2.05, 4.69) is 5.32 Å². The minimum absolute atomic E-state index is 0.115. The standard InChI is InChI=1S/C14H19ClN2OS/c15-11-3-8-19-12(11)13(18)17-7-2-5-14(10-17)4-1-6-16-9-14/h3,8,16H,1-2,4-7,9-10H2. The van der Waals surface area contributed by atoms with Gasteiger partial charge in [0.2, 0.25) is 0 Å². The van der Waals surface area contributed by atoms with Gasteiger partial charge in [0, 0.05) is 25.0 Å². The van der Waals surface area contributed by atoms with Gasteiger partial charge in [-0.3, -0.25) is 4.79 Å². The fourth-order valence-corrected chi connectivity index (χ4v) is 4.45. The second-order valence-electron chi connectivity index (χ2n) is 5.71. The molecule has 5 heteroatoms. The van der Waals surface area contributed by atoms with Gasteiger partial charge >= 0.3 is 0 Å². The highest BCUT2D eigenvalue weighted by molar-refractivity contribution is 7.12. The normalized spacial score (nSPS) is 27.7. The topological polar surface area (TPSA) is 32.3 Å². The number of hydrogen-bond acceptors (Lipinski definition) is 3. The number of piperidine rings is 2. The summed E-state index contributed by atoms with van der Waals surface area (Å²) in [6.07, 6.45) is 4.81. The zero-order chi connectivity index (χ0) is 13.3. The Hall–Kier alpha value is -0.580. The van der Waals surface area contributed by atoms with E-state index in [1.807, 2.05) is 10.3 Å². The molecule has 0 saturated carbocycles. The SMILES string of the molecule is O=C(c1sccc1Cl)N1CCCC2(CCCNC2)C1. The van der Waals surface area contributed by atoms with Crippen molar-refractivity contribution in [3.63, 3.8) is 0 Å². The van der Waals surface area contributed by atoms with Gasteiger partial charge in [0.25, 0.3) is 5.91 Å². The van der Waals surface area contributed by atoms with E-state index < -0.39 is 0 Å². The van der Waals surface area contributed by atoms with E-state index in [-0.39, 0.29) is 5.91 Å². The first-order chi connectivity index (χ1) is 9.20. The number of rotatable bonds is 1. The van der Waals surface area contributed by atoms with Crippen LogP contribution in [0.2, 0.25) is 5.02 Å². The number of halogens is 1. The molecule has 1 N–H and O–H groups in total. The summed E-state index contributed by atoms with van der Waals surface area (Å²) < 4.78 is 0. The number of carbonyl (C=O) groups is 1. The van der Waals surface area contributed by atoms with Crippen LogP contribution in [-0.4, -0.2) is 37.0 Å². The van der Waals surface area contributed by atoms with Crippen LogP contribution < -0.4 is 5.32 Å². The summed E-state index contributed by atoms with van der Waals surface area (Å²) in [6, 6.07) is 1.81. The molecule has 2 fully saturated rings. The molecule has 1 atom stereocenters. The van der Waals surface area contributed by atoms with Gasteiger partial charge in [-0.25, -0.2) is 0 Å². The van der Waals surface area contributed by atoms with Crippen LogP contribution in [-0.2, 0) is 0 Å². The quantitative estimate of drug-likeness (QED) is 0.864. The van der Waals surface area contributed by atoms with Crippen LogP contribution in [0.5, 0.6) is 0 Å². The summed E-state index contributed by atoms with van der Waals surface area (Å²) in [5.41, 5.74) is 0.301. The minimum Gasteiger partial charge on any atom is -0.337 e. The number of nitrogens with one attached hydrogen (secondary N) is 1. The predicted molar refractivity (Wildman–Crippen MR) is 79.0 cm³/mol. The fraction of sp³-hybridized carbons (Fsp3) is 0.643. The molecule has 104 valence electrons. The highest BCUT2D eigenvalue weighted by atomic mass is 35.5. The van der Waals surface area contributed by atoms with E-state index in [4.69, 9.17) is 11.6 Å². The van der Waals surface area contributed by atoms with Gasteiger partial charge < -0.3 is 10.2 Å². The van der Waals surface area contributed by atoms with Crippen molar-refractivity contribution in [3.05, 3.63) is 21.3 Å². The Morgan fingerprint density at radius 3 is 2.95 bits per heavy atom. The second kappa shape index (κ2) is 5.43.